The number of guanidine groups is 2. The maximum absolute atomic E-state index is 14.9. The average molecular weight is 1020 g/mol. The van der Waals surface area contributed by atoms with Crippen LogP contribution in [0.2, 0.25) is 0 Å². The molecule has 3 heterocycles. The van der Waals surface area contributed by atoms with Crippen molar-refractivity contribution in [1.82, 2.24) is 35.7 Å². The van der Waals surface area contributed by atoms with Gasteiger partial charge in [-0.1, -0.05) is 54.6 Å². The van der Waals surface area contributed by atoms with Gasteiger partial charge in [0.1, 0.15) is 24.2 Å². The summed E-state index contributed by atoms with van der Waals surface area (Å²) in [5.41, 5.74) is 36.1. The number of rotatable bonds is 29. The monoisotopic (exact) mass is 1020 g/mol. The Hall–Kier alpha value is -8.37. The van der Waals surface area contributed by atoms with Crippen LogP contribution in [0.4, 0.5) is 0 Å². The lowest BCUT2D eigenvalue weighted by Gasteiger charge is -2.31. The molecule has 2 aromatic carbocycles. The minimum atomic E-state index is -1.47. The van der Waals surface area contributed by atoms with E-state index in [9.17, 15) is 38.4 Å². The number of primary amides is 2. The number of hydrogen-bond donors (Lipinski definition) is 10. The van der Waals surface area contributed by atoms with Gasteiger partial charge >= 0.3 is 0 Å². The Bertz CT molecular complexity index is 2640. The SMILES string of the molecule is CN(C(=O)CCc1cccnc1)[C@@H](Cc1c[nH]c2ccccc12)C(=O)N[C@@H](Cc1ccccc1)C(=O)C[C@H](CCCN=C(N)N)C(=O)N1CCC[C@H]1C(=O)N[C@@H](CCCN=C(N)N)C(=O)N[C@@H](CC(N)=O)C(N)=O. The molecule has 0 spiro atoms. The number of aliphatic imine (C=N–C) groups is 2. The van der Waals surface area contributed by atoms with Gasteiger partial charge in [-0.25, -0.2) is 0 Å². The van der Waals surface area contributed by atoms with Crippen molar-refractivity contribution >= 4 is 70.0 Å². The van der Waals surface area contributed by atoms with Crippen LogP contribution in [0.3, 0.4) is 0 Å². The fraction of sp³-hybridized carbons (Fsp3) is 0.431. The predicted octanol–water partition coefficient (Wildman–Crippen LogP) is -0.703. The first kappa shape index (κ1) is 56.5. The Labute approximate surface area is 429 Å². The van der Waals surface area contributed by atoms with E-state index in [-0.39, 0.29) is 95.2 Å². The topological polar surface area (TPSA) is 389 Å². The summed E-state index contributed by atoms with van der Waals surface area (Å²) < 4.78 is 0. The lowest BCUT2D eigenvalue weighted by Crippen LogP contribution is -2.57. The summed E-state index contributed by atoms with van der Waals surface area (Å²) in [6, 6.07) is 14.2. The summed E-state index contributed by atoms with van der Waals surface area (Å²) in [6.45, 7) is 0.355. The van der Waals surface area contributed by atoms with Gasteiger partial charge in [0, 0.05) is 81.4 Å². The molecule has 1 saturated heterocycles. The van der Waals surface area contributed by atoms with Crippen molar-refractivity contribution < 1.29 is 38.4 Å². The molecule has 6 atom stereocenters. The number of aryl methyl sites for hydroxylation is 1. The van der Waals surface area contributed by atoms with Crippen molar-refractivity contribution in [3.8, 4) is 0 Å². The number of para-hydroxylation sites is 1. The molecule has 2 aromatic heterocycles. The molecule has 5 rings (SSSR count). The van der Waals surface area contributed by atoms with Gasteiger partial charge in [-0.2, -0.15) is 0 Å². The van der Waals surface area contributed by atoms with Crippen LogP contribution in [-0.4, -0.2) is 136 Å². The molecule has 1 aliphatic heterocycles. The molecular weight excluding hydrogens is 951 g/mol. The van der Waals surface area contributed by atoms with E-state index in [1.807, 2.05) is 48.5 Å². The molecule has 16 N–H and O–H groups in total. The number of nitrogens with one attached hydrogen (secondary N) is 4. The third-order valence-electron chi connectivity index (χ3n) is 12.9. The number of nitrogens with zero attached hydrogens (tertiary/aromatic N) is 5. The fourth-order valence-corrected chi connectivity index (χ4v) is 8.94. The number of benzene rings is 2. The first-order valence-electron chi connectivity index (χ1n) is 24.6. The molecule has 7 amide bonds. The molecule has 4 aromatic rings. The van der Waals surface area contributed by atoms with Crippen molar-refractivity contribution in [2.75, 3.05) is 26.7 Å². The van der Waals surface area contributed by atoms with Gasteiger partial charge in [-0.05, 0) is 80.2 Å². The number of amides is 7. The highest BCUT2D eigenvalue weighted by atomic mass is 16.2. The number of carbonyl (C=O) groups excluding carboxylic acids is 8. The van der Waals surface area contributed by atoms with E-state index in [2.05, 4.69) is 35.9 Å². The van der Waals surface area contributed by atoms with Gasteiger partial charge in [0.2, 0.25) is 41.4 Å². The van der Waals surface area contributed by atoms with Crippen LogP contribution in [0, 0.1) is 5.92 Å². The van der Waals surface area contributed by atoms with Crippen molar-refractivity contribution in [2.24, 2.45) is 50.3 Å². The van der Waals surface area contributed by atoms with Gasteiger partial charge in [0.25, 0.3) is 0 Å². The summed E-state index contributed by atoms with van der Waals surface area (Å²) in [7, 11) is 1.57. The molecule has 0 aliphatic carbocycles. The highest BCUT2D eigenvalue weighted by molar-refractivity contribution is 5.98. The zero-order valence-electron chi connectivity index (χ0n) is 41.6. The van der Waals surface area contributed by atoms with Crippen LogP contribution in [0.25, 0.3) is 10.9 Å². The summed E-state index contributed by atoms with van der Waals surface area (Å²) in [4.78, 5) is 128. The molecule has 1 aliphatic rings. The number of hydrogen-bond acceptors (Lipinski definition) is 11. The largest absolute Gasteiger partial charge is 0.370 e. The minimum Gasteiger partial charge on any atom is -0.370 e. The van der Waals surface area contributed by atoms with Crippen LogP contribution >= 0.6 is 0 Å². The number of ketones is 1. The second kappa shape index (κ2) is 28.0. The van der Waals surface area contributed by atoms with Crippen LogP contribution in [0.5, 0.6) is 0 Å². The first-order chi connectivity index (χ1) is 35.4. The number of H-pyrrole nitrogens is 1. The number of likely N-dealkylation sites (tertiary alicyclic amines) is 1. The Morgan fingerprint density at radius 3 is 2.08 bits per heavy atom. The van der Waals surface area contributed by atoms with Gasteiger partial charge in [0.15, 0.2) is 17.7 Å². The molecule has 23 heteroatoms. The van der Waals surface area contributed by atoms with Gasteiger partial charge in [-0.3, -0.25) is 53.3 Å². The second-order valence-corrected chi connectivity index (χ2v) is 18.3. The lowest BCUT2D eigenvalue weighted by atomic mass is 9.90. The number of aromatic amines is 1. The standard InChI is InChI=1S/C51H69N15O8/c1-65(44(69)20-19-32-13-7-21-58-29-32)41(26-34-30-61-36-16-6-5-15-35(34)36)48(73)63-38(25-31-11-3-2-4-12-31)42(67)27-33(14-8-22-59-50(54)55)49(74)66-24-10-18-40(66)47(72)62-37(17-9-23-60-51(56)57)46(71)64-39(45(53)70)28-43(52)68/h2-7,11-13,15-16,21,29-30,33,37-41,61H,8-10,14,17-20,22-28H2,1H3,(H2,52,68)(H2,53,70)(H,62,72)(H,63,73)(H,64,71)(H4,54,55,59)(H4,56,57,60)/t33-,37-,38-,39-,40-,41-/m0/s1. The molecular formula is C51H69N15O8. The van der Waals surface area contributed by atoms with E-state index >= 15 is 0 Å². The fourth-order valence-electron chi connectivity index (χ4n) is 8.94. The van der Waals surface area contributed by atoms with E-state index in [4.69, 9.17) is 34.4 Å². The highest BCUT2D eigenvalue weighted by Gasteiger charge is 2.40. The van der Waals surface area contributed by atoms with E-state index in [1.165, 1.54) is 9.80 Å². The number of pyridine rings is 1. The summed E-state index contributed by atoms with van der Waals surface area (Å²) in [5.74, 6) is -6.72. The number of nitrogens with two attached hydrogens (primary N) is 6. The van der Waals surface area contributed by atoms with Gasteiger partial charge < -0.3 is 65.1 Å². The minimum absolute atomic E-state index is 0.0223. The van der Waals surface area contributed by atoms with Crippen LogP contribution in [0.15, 0.2) is 95.3 Å². The Morgan fingerprint density at radius 1 is 0.757 bits per heavy atom. The quantitative estimate of drug-likeness (QED) is 0.0183. The number of carbonyl (C=O) groups is 8. The Kier molecular flexibility index (Phi) is 21.4. The smallest absolute Gasteiger partial charge is 0.243 e. The van der Waals surface area contributed by atoms with Crippen LogP contribution in [0.1, 0.15) is 74.5 Å². The number of Topliss-reactive ketones (excluding diaryl/α,β-unsaturated/α-hetero) is 1. The maximum atomic E-state index is 14.9. The number of fused-ring (bicyclic) bond motifs is 1. The molecule has 0 bridgehead atoms. The molecule has 0 unspecified atom stereocenters. The summed E-state index contributed by atoms with van der Waals surface area (Å²) >= 11 is 0. The van der Waals surface area contributed by atoms with Crippen molar-refractivity contribution in [3.05, 3.63) is 102 Å². The van der Waals surface area contributed by atoms with E-state index in [0.29, 0.717) is 12.8 Å². The summed E-state index contributed by atoms with van der Waals surface area (Å²) in [5, 5.41) is 8.93. The Balaban J connectivity index is 1.41. The predicted molar refractivity (Wildman–Crippen MR) is 278 cm³/mol. The van der Waals surface area contributed by atoms with Crippen molar-refractivity contribution in [3.63, 3.8) is 0 Å². The van der Waals surface area contributed by atoms with E-state index in [0.717, 1.165) is 27.6 Å². The zero-order chi connectivity index (χ0) is 53.7. The first-order valence-corrected chi connectivity index (χ1v) is 24.6. The van der Waals surface area contributed by atoms with E-state index < -0.39 is 83.8 Å². The number of likely N-dealkylation sites (N-methyl/N-ethyl adjacent to an activating group) is 1. The molecule has 1 fully saturated rings. The van der Waals surface area contributed by atoms with Crippen molar-refractivity contribution in [1.29, 1.82) is 0 Å². The molecule has 74 heavy (non-hydrogen) atoms. The third kappa shape index (κ3) is 17.2. The summed E-state index contributed by atoms with van der Waals surface area (Å²) in [6.07, 6.45) is 5.98. The van der Waals surface area contributed by atoms with Crippen molar-refractivity contribution in [2.45, 2.75) is 107 Å². The normalized spacial score (nSPS) is 15.1. The van der Waals surface area contributed by atoms with Crippen LogP contribution < -0.4 is 50.4 Å². The van der Waals surface area contributed by atoms with E-state index in [1.54, 1.807) is 43.8 Å². The molecule has 23 nitrogen and oxygen atoms in total. The molecule has 0 radical (unpaired) electrons. The van der Waals surface area contributed by atoms with Gasteiger partial charge in [0.05, 0.1) is 12.5 Å². The second-order valence-electron chi connectivity index (χ2n) is 18.3. The van der Waals surface area contributed by atoms with Crippen LogP contribution in [-0.2, 0) is 57.6 Å². The number of aromatic nitrogens is 2. The zero-order valence-corrected chi connectivity index (χ0v) is 41.6. The maximum Gasteiger partial charge on any atom is 0.243 e. The average Bonchev–Trinajstić information content (AvgIpc) is 4.04. The molecule has 396 valence electrons. The highest BCUT2D eigenvalue weighted by Crippen LogP contribution is 2.26. The molecule has 0 saturated carbocycles. The Morgan fingerprint density at radius 2 is 1.42 bits per heavy atom. The van der Waals surface area contributed by atoms with Gasteiger partial charge in [-0.15, -0.1) is 0 Å². The third-order valence-corrected chi connectivity index (χ3v) is 12.9. The lowest BCUT2D eigenvalue weighted by molar-refractivity contribution is -0.144.